The van der Waals surface area contributed by atoms with Crippen LogP contribution in [0.5, 0.6) is 0 Å². The maximum atomic E-state index is 12.8. The molecule has 1 atom stereocenters. The van der Waals surface area contributed by atoms with Crippen LogP contribution in [-0.2, 0) is 0 Å². The number of urea groups is 1. The average Bonchev–Trinajstić information content (AvgIpc) is 3.18. The molecule has 5 nitrogen and oxygen atoms in total. The Morgan fingerprint density at radius 3 is 2.52 bits per heavy atom. The van der Waals surface area contributed by atoms with Crippen molar-refractivity contribution in [1.82, 2.24) is 20.1 Å². The topological polar surface area (TPSA) is 51.4 Å². The molecule has 152 valence electrons. The molecule has 2 heterocycles. The van der Waals surface area contributed by atoms with Crippen LogP contribution in [0.1, 0.15) is 35.9 Å². The van der Waals surface area contributed by atoms with Gasteiger partial charge < -0.3 is 20.1 Å². The molecule has 1 saturated heterocycles. The van der Waals surface area contributed by atoms with Crippen LogP contribution >= 0.6 is 0 Å². The van der Waals surface area contributed by atoms with Gasteiger partial charge in [0, 0.05) is 36.7 Å². The van der Waals surface area contributed by atoms with Crippen molar-refractivity contribution in [3.8, 4) is 0 Å². The summed E-state index contributed by atoms with van der Waals surface area (Å²) in [6, 6.07) is 19.0. The number of carbonyl (C=O) groups excluding carboxylic acids is 1. The minimum absolute atomic E-state index is 0.0464. The summed E-state index contributed by atoms with van der Waals surface area (Å²) in [5, 5.41) is 4.46. The van der Waals surface area contributed by atoms with Gasteiger partial charge in [-0.1, -0.05) is 48.5 Å². The summed E-state index contributed by atoms with van der Waals surface area (Å²) in [4.78, 5) is 20.2. The van der Waals surface area contributed by atoms with Crippen LogP contribution in [0.2, 0.25) is 0 Å². The minimum Gasteiger partial charge on any atom is -0.361 e. The van der Waals surface area contributed by atoms with Gasteiger partial charge in [-0.25, -0.2) is 4.79 Å². The van der Waals surface area contributed by atoms with Crippen LogP contribution < -0.4 is 5.32 Å². The van der Waals surface area contributed by atoms with Crippen LogP contribution in [0.25, 0.3) is 10.9 Å². The van der Waals surface area contributed by atoms with Gasteiger partial charge in [0.25, 0.3) is 0 Å². The quantitative estimate of drug-likeness (QED) is 0.680. The third-order valence-corrected chi connectivity index (χ3v) is 6.10. The summed E-state index contributed by atoms with van der Waals surface area (Å²) in [5.41, 5.74) is 3.80. The molecule has 0 radical (unpaired) electrons. The van der Waals surface area contributed by atoms with Crippen LogP contribution in [-0.4, -0.2) is 54.5 Å². The molecule has 2 aromatic carbocycles. The van der Waals surface area contributed by atoms with E-state index in [-0.39, 0.29) is 12.1 Å². The SMILES string of the molecule is CN(C)C(CNC(=O)N1CCC(c2c[nH]c3ccccc23)CC1)c1ccccc1. The molecule has 29 heavy (non-hydrogen) atoms. The highest BCUT2D eigenvalue weighted by molar-refractivity contribution is 5.83. The zero-order valence-electron chi connectivity index (χ0n) is 17.3. The molecule has 0 spiro atoms. The minimum atomic E-state index is 0.0464. The largest absolute Gasteiger partial charge is 0.361 e. The molecular formula is C24H30N4O. The number of fused-ring (bicyclic) bond motifs is 1. The Kier molecular flexibility index (Phi) is 5.86. The Morgan fingerprint density at radius 1 is 1.10 bits per heavy atom. The molecule has 0 bridgehead atoms. The maximum Gasteiger partial charge on any atom is 0.317 e. The van der Waals surface area contributed by atoms with Gasteiger partial charge in [0.1, 0.15) is 0 Å². The molecule has 4 rings (SSSR count). The number of nitrogens with one attached hydrogen (secondary N) is 2. The smallest absolute Gasteiger partial charge is 0.317 e. The highest BCUT2D eigenvalue weighted by atomic mass is 16.2. The first-order valence-corrected chi connectivity index (χ1v) is 10.4. The van der Waals surface area contributed by atoms with Gasteiger partial charge in [0.15, 0.2) is 0 Å². The van der Waals surface area contributed by atoms with Crippen LogP contribution in [0.3, 0.4) is 0 Å². The number of amides is 2. The molecule has 5 heteroatoms. The number of likely N-dealkylation sites (tertiary alicyclic amines) is 1. The summed E-state index contributed by atoms with van der Waals surface area (Å²) < 4.78 is 0. The number of nitrogens with zero attached hydrogens (tertiary/aromatic N) is 2. The molecule has 2 amide bonds. The first-order valence-electron chi connectivity index (χ1n) is 10.4. The van der Waals surface area contributed by atoms with Crippen molar-refractivity contribution in [2.24, 2.45) is 0 Å². The van der Waals surface area contributed by atoms with E-state index in [1.54, 1.807) is 0 Å². The Hall–Kier alpha value is -2.79. The van der Waals surface area contributed by atoms with Gasteiger partial charge in [0.05, 0.1) is 6.04 Å². The second kappa shape index (κ2) is 8.70. The first-order chi connectivity index (χ1) is 14.1. The fourth-order valence-electron chi connectivity index (χ4n) is 4.39. The first kappa shape index (κ1) is 19.5. The number of likely N-dealkylation sites (N-methyl/N-ethyl adjacent to an activating group) is 1. The Labute approximate surface area is 172 Å². The zero-order valence-corrected chi connectivity index (χ0v) is 17.3. The molecular weight excluding hydrogens is 360 g/mol. The van der Waals surface area contributed by atoms with E-state index in [2.05, 4.69) is 71.9 Å². The Balaban J connectivity index is 1.33. The van der Waals surface area contributed by atoms with E-state index in [0.717, 1.165) is 25.9 Å². The van der Waals surface area contributed by atoms with Crippen molar-refractivity contribution in [2.45, 2.75) is 24.8 Å². The highest BCUT2D eigenvalue weighted by Crippen LogP contribution is 2.33. The fourth-order valence-corrected chi connectivity index (χ4v) is 4.39. The number of H-pyrrole nitrogens is 1. The van der Waals surface area contributed by atoms with E-state index in [9.17, 15) is 4.79 Å². The van der Waals surface area contributed by atoms with Crippen LogP contribution in [0, 0.1) is 0 Å². The number of aromatic amines is 1. The lowest BCUT2D eigenvalue weighted by molar-refractivity contribution is 0.177. The second-order valence-corrected chi connectivity index (χ2v) is 8.13. The predicted molar refractivity (Wildman–Crippen MR) is 118 cm³/mol. The van der Waals surface area contributed by atoms with Crippen LogP contribution in [0.4, 0.5) is 4.79 Å². The van der Waals surface area contributed by atoms with Gasteiger partial charge in [-0.05, 0) is 50.0 Å². The maximum absolute atomic E-state index is 12.8. The second-order valence-electron chi connectivity index (χ2n) is 8.13. The molecule has 2 N–H and O–H groups in total. The summed E-state index contributed by atoms with van der Waals surface area (Å²) >= 11 is 0. The van der Waals surface area contributed by atoms with Gasteiger partial charge in [0.2, 0.25) is 0 Å². The molecule has 1 aliphatic rings. The summed E-state index contributed by atoms with van der Waals surface area (Å²) in [7, 11) is 4.10. The summed E-state index contributed by atoms with van der Waals surface area (Å²) in [6.07, 6.45) is 4.16. The van der Waals surface area contributed by atoms with Crippen molar-refractivity contribution in [3.05, 3.63) is 71.9 Å². The number of piperidine rings is 1. The predicted octanol–water partition coefficient (Wildman–Crippen LogP) is 4.36. The third-order valence-electron chi connectivity index (χ3n) is 6.10. The van der Waals surface area contributed by atoms with E-state index >= 15 is 0 Å². The Bertz CT molecular complexity index is 942. The number of rotatable bonds is 5. The fraction of sp³-hybridized carbons (Fsp3) is 0.375. The van der Waals surface area contributed by atoms with Gasteiger partial charge in [-0.2, -0.15) is 0 Å². The molecule has 3 aromatic rings. The van der Waals surface area contributed by atoms with E-state index in [1.165, 1.54) is 22.0 Å². The molecule has 1 fully saturated rings. The summed E-state index contributed by atoms with van der Waals surface area (Å²) in [6.45, 7) is 2.21. The van der Waals surface area contributed by atoms with Crippen molar-refractivity contribution in [1.29, 1.82) is 0 Å². The van der Waals surface area contributed by atoms with Crippen molar-refractivity contribution >= 4 is 16.9 Å². The number of benzene rings is 2. The lowest BCUT2D eigenvalue weighted by atomic mass is 9.89. The standard InChI is InChI=1S/C24H30N4O/c1-27(2)23(19-8-4-3-5-9-19)17-26-24(29)28-14-12-18(13-15-28)21-16-25-22-11-7-6-10-20(21)22/h3-11,16,18,23,25H,12-15,17H2,1-2H3,(H,26,29). The lowest BCUT2D eigenvalue weighted by Crippen LogP contribution is -2.46. The number of hydrogen-bond acceptors (Lipinski definition) is 2. The van der Waals surface area contributed by atoms with Crippen molar-refractivity contribution in [3.63, 3.8) is 0 Å². The molecule has 1 aliphatic heterocycles. The van der Waals surface area contributed by atoms with Gasteiger partial charge in [-0.3, -0.25) is 0 Å². The normalized spacial score (nSPS) is 16.3. The third kappa shape index (κ3) is 4.30. The highest BCUT2D eigenvalue weighted by Gasteiger charge is 2.26. The average molecular weight is 391 g/mol. The number of carbonyl (C=O) groups is 1. The molecule has 1 aromatic heterocycles. The van der Waals surface area contributed by atoms with Gasteiger partial charge >= 0.3 is 6.03 Å². The summed E-state index contributed by atoms with van der Waals surface area (Å²) in [5.74, 6) is 0.508. The van der Waals surface area contributed by atoms with Gasteiger partial charge in [-0.15, -0.1) is 0 Å². The number of para-hydroxylation sites is 1. The number of hydrogen-bond donors (Lipinski definition) is 2. The van der Waals surface area contributed by atoms with Crippen molar-refractivity contribution in [2.75, 3.05) is 33.7 Å². The monoisotopic (exact) mass is 390 g/mol. The molecule has 0 saturated carbocycles. The van der Waals surface area contributed by atoms with E-state index in [1.807, 2.05) is 23.1 Å². The molecule has 0 aliphatic carbocycles. The zero-order chi connectivity index (χ0) is 20.2. The van der Waals surface area contributed by atoms with Crippen LogP contribution in [0.15, 0.2) is 60.8 Å². The van der Waals surface area contributed by atoms with E-state index in [0.29, 0.717) is 12.5 Å². The van der Waals surface area contributed by atoms with E-state index in [4.69, 9.17) is 0 Å². The van der Waals surface area contributed by atoms with E-state index < -0.39 is 0 Å². The molecule has 1 unspecified atom stereocenters. The number of aromatic nitrogens is 1. The van der Waals surface area contributed by atoms with Crippen molar-refractivity contribution < 1.29 is 4.79 Å². The Morgan fingerprint density at radius 2 is 1.79 bits per heavy atom. The lowest BCUT2D eigenvalue weighted by Gasteiger charge is -2.33.